The number of hydrogen-bond acceptors (Lipinski definition) is 8. The number of non-ortho nitro benzene ring substituents is 1. The van der Waals surface area contributed by atoms with E-state index in [1.165, 1.54) is 42.9 Å². The highest BCUT2D eigenvalue weighted by atomic mass is 16.6. The summed E-state index contributed by atoms with van der Waals surface area (Å²) in [6, 6.07) is 6.63. The molecule has 2 aromatic heterocycles. The van der Waals surface area contributed by atoms with E-state index in [0.29, 0.717) is 0 Å². The molecule has 0 bridgehead atoms. The van der Waals surface area contributed by atoms with Gasteiger partial charge in [-0.2, -0.15) is 0 Å². The van der Waals surface area contributed by atoms with Crippen molar-refractivity contribution in [3.63, 3.8) is 0 Å². The summed E-state index contributed by atoms with van der Waals surface area (Å²) in [6.45, 7) is 0. The number of carbonyl (C=O) groups is 1. The van der Waals surface area contributed by atoms with Crippen LogP contribution in [0.2, 0.25) is 0 Å². The van der Waals surface area contributed by atoms with E-state index in [1.807, 2.05) is 0 Å². The van der Waals surface area contributed by atoms with Crippen LogP contribution in [0.3, 0.4) is 0 Å². The zero-order valence-corrected chi connectivity index (χ0v) is 12.9. The number of pyridine rings is 2. The van der Waals surface area contributed by atoms with Crippen LogP contribution >= 0.6 is 0 Å². The Balaban J connectivity index is 2.05. The summed E-state index contributed by atoms with van der Waals surface area (Å²) in [5, 5.41) is 22.7. The standard InChI is InChI=1S/C15H10N6O5/c22-15(9-3-6-16-7-4-9)19-18-14-12(21(25)26)8-11(20(23)24)10-2-1-5-17-13(10)14/h1-8,18H,(H,19,22). The van der Waals surface area contributed by atoms with Gasteiger partial charge in [0.1, 0.15) is 5.52 Å². The molecule has 2 N–H and O–H groups in total. The van der Waals surface area contributed by atoms with Crippen LogP contribution in [0.5, 0.6) is 0 Å². The summed E-state index contributed by atoms with van der Waals surface area (Å²) in [4.78, 5) is 40.9. The number of hydrazine groups is 1. The van der Waals surface area contributed by atoms with Gasteiger partial charge in [0.15, 0.2) is 5.69 Å². The number of nitro benzene ring substituents is 2. The highest BCUT2D eigenvalue weighted by molar-refractivity contribution is 6.02. The SMILES string of the molecule is O=C(NNc1c([N+](=O)[O-])cc([N+](=O)[O-])c2cccnc12)c1ccncc1. The molecule has 2 heterocycles. The maximum absolute atomic E-state index is 12.1. The second kappa shape index (κ2) is 6.76. The molecular weight excluding hydrogens is 344 g/mol. The number of fused-ring (bicyclic) bond motifs is 1. The van der Waals surface area contributed by atoms with Gasteiger partial charge in [0.25, 0.3) is 11.6 Å². The molecule has 1 amide bonds. The van der Waals surface area contributed by atoms with Crippen LogP contribution in [-0.4, -0.2) is 25.7 Å². The maximum Gasteiger partial charge on any atom is 0.303 e. The number of hydrogen-bond donors (Lipinski definition) is 2. The van der Waals surface area contributed by atoms with Gasteiger partial charge in [-0.25, -0.2) is 0 Å². The minimum Gasteiger partial charge on any atom is -0.290 e. The smallest absolute Gasteiger partial charge is 0.290 e. The van der Waals surface area contributed by atoms with Crippen LogP contribution in [-0.2, 0) is 0 Å². The molecule has 3 aromatic rings. The first-order valence-corrected chi connectivity index (χ1v) is 7.16. The fraction of sp³-hybridized carbons (Fsp3) is 0. The van der Waals surface area contributed by atoms with Crippen molar-refractivity contribution >= 4 is 33.9 Å². The van der Waals surface area contributed by atoms with Gasteiger partial charge >= 0.3 is 5.69 Å². The van der Waals surface area contributed by atoms with Gasteiger partial charge in [0.2, 0.25) is 0 Å². The summed E-state index contributed by atoms with van der Waals surface area (Å²) in [5.74, 6) is -0.566. The van der Waals surface area contributed by atoms with E-state index in [4.69, 9.17) is 0 Å². The van der Waals surface area contributed by atoms with Gasteiger partial charge < -0.3 is 0 Å². The number of nitrogens with one attached hydrogen (secondary N) is 2. The fourth-order valence-corrected chi connectivity index (χ4v) is 2.32. The summed E-state index contributed by atoms with van der Waals surface area (Å²) in [7, 11) is 0. The van der Waals surface area contributed by atoms with Crippen LogP contribution < -0.4 is 10.9 Å². The largest absolute Gasteiger partial charge is 0.303 e. The molecule has 0 radical (unpaired) electrons. The molecule has 0 atom stereocenters. The van der Waals surface area contributed by atoms with E-state index in [9.17, 15) is 25.0 Å². The Bertz CT molecular complexity index is 1020. The Labute approximate surface area is 145 Å². The minimum absolute atomic E-state index is 0.0107. The van der Waals surface area contributed by atoms with E-state index in [2.05, 4.69) is 20.8 Å². The molecule has 0 aliphatic rings. The summed E-state index contributed by atoms with van der Waals surface area (Å²) in [6.07, 6.45) is 4.17. The second-order valence-electron chi connectivity index (χ2n) is 5.02. The quantitative estimate of drug-likeness (QED) is 0.522. The van der Waals surface area contributed by atoms with E-state index in [-0.39, 0.29) is 22.2 Å². The van der Waals surface area contributed by atoms with Crippen molar-refractivity contribution in [3.8, 4) is 0 Å². The van der Waals surface area contributed by atoms with Gasteiger partial charge in [0.05, 0.1) is 21.3 Å². The molecule has 0 fully saturated rings. The first-order valence-electron chi connectivity index (χ1n) is 7.16. The highest BCUT2D eigenvalue weighted by Crippen LogP contribution is 2.37. The Kier molecular flexibility index (Phi) is 4.34. The molecule has 11 heteroatoms. The number of anilines is 1. The Morgan fingerprint density at radius 3 is 2.35 bits per heavy atom. The molecule has 0 aliphatic heterocycles. The van der Waals surface area contributed by atoms with Crippen LogP contribution in [0.25, 0.3) is 10.9 Å². The Hall–Kier alpha value is -4.15. The molecule has 3 rings (SSSR count). The summed E-state index contributed by atoms with van der Waals surface area (Å²) in [5.41, 5.74) is 3.85. The van der Waals surface area contributed by atoms with E-state index >= 15 is 0 Å². The maximum atomic E-state index is 12.1. The normalized spacial score (nSPS) is 10.3. The summed E-state index contributed by atoms with van der Waals surface area (Å²) >= 11 is 0. The molecule has 0 spiro atoms. The monoisotopic (exact) mass is 354 g/mol. The summed E-state index contributed by atoms with van der Waals surface area (Å²) < 4.78 is 0. The Morgan fingerprint density at radius 1 is 1.00 bits per heavy atom. The highest BCUT2D eigenvalue weighted by Gasteiger charge is 2.26. The number of aromatic nitrogens is 2. The van der Waals surface area contributed by atoms with Crippen molar-refractivity contribution in [2.45, 2.75) is 0 Å². The molecule has 11 nitrogen and oxygen atoms in total. The third-order valence-electron chi connectivity index (χ3n) is 3.49. The lowest BCUT2D eigenvalue weighted by molar-refractivity contribution is -0.392. The average Bonchev–Trinajstić information content (AvgIpc) is 2.65. The van der Waals surface area contributed by atoms with Crippen molar-refractivity contribution in [1.82, 2.24) is 15.4 Å². The van der Waals surface area contributed by atoms with Gasteiger partial charge in [-0.05, 0) is 24.3 Å². The zero-order chi connectivity index (χ0) is 18.7. The number of rotatable bonds is 5. The van der Waals surface area contributed by atoms with Crippen molar-refractivity contribution in [1.29, 1.82) is 0 Å². The average molecular weight is 354 g/mol. The number of amides is 1. The molecule has 0 unspecified atom stereocenters. The third-order valence-corrected chi connectivity index (χ3v) is 3.49. The van der Waals surface area contributed by atoms with Crippen molar-refractivity contribution in [3.05, 3.63) is 74.7 Å². The first-order chi connectivity index (χ1) is 12.5. The lowest BCUT2D eigenvalue weighted by Gasteiger charge is -2.11. The van der Waals surface area contributed by atoms with Crippen LogP contribution in [0.4, 0.5) is 17.1 Å². The molecular formula is C15H10N6O5. The number of benzene rings is 1. The molecule has 0 saturated carbocycles. The molecule has 130 valence electrons. The minimum atomic E-state index is -0.790. The predicted octanol–water partition coefficient (Wildman–Crippen LogP) is 2.20. The lowest BCUT2D eigenvalue weighted by Crippen LogP contribution is -2.30. The first kappa shape index (κ1) is 16.7. The van der Waals surface area contributed by atoms with Crippen LogP contribution in [0.15, 0.2) is 48.9 Å². The van der Waals surface area contributed by atoms with Gasteiger partial charge in [-0.3, -0.25) is 45.8 Å². The number of nitro groups is 2. The fourth-order valence-electron chi connectivity index (χ4n) is 2.32. The Morgan fingerprint density at radius 2 is 1.69 bits per heavy atom. The van der Waals surface area contributed by atoms with Crippen molar-refractivity contribution < 1.29 is 14.6 Å². The van der Waals surface area contributed by atoms with E-state index in [0.717, 1.165) is 6.07 Å². The van der Waals surface area contributed by atoms with Gasteiger partial charge in [-0.15, -0.1) is 0 Å². The molecule has 1 aromatic carbocycles. The number of nitrogens with zero attached hydrogens (tertiary/aromatic N) is 4. The molecule has 0 aliphatic carbocycles. The van der Waals surface area contributed by atoms with Gasteiger partial charge in [0, 0.05) is 24.2 Å². The van der Waals surface area contributed by atoms with Crippen molar-refractivity contribution in [2.75, 3.05) is 5.43 Å². The second-order valence-corrected chi connectivity index (χ2v) is 5.02. The topological polar surface area (TPSA) is 153 Å². The van der Waals surface area contributed by atoms with E-state index < -0.39 is 27.1 Å². The predicted molar refractivity (Wildman–Crippen MR) is 90.4 cm³/mol. The van der Waals surface area contributed by atoms with Crippen LogP contribution in [0.1, 0.15) is 10.4 Å². The molecule has 0 saturated heterocycles. The number of carbonyl (C=O) groups excluding carboxylic acids is 1. The zero-order valence-electron chi connectivity index (χ0n) is 12.9. The molecule has 26 heavy (non-hydrogen) atoms. The van der Waals surface area contributed by atoms with Crippen molar-refractivity contribution in [2.24, 2.45) is 0 Å². The third kappa shape index (κ3) is 3.08. The van der Waals surface area contributed by atoms with E-state index in [1.54, 1.807) is 0 Å². The lowest BCUT2D eigenvalue weighted by atomic mass is 10.1. The van der Waals surface area contributed by atoms with Gasteiger partial charge in [-0.1, -0.05) is 0 Å². The van der Waals surface area contributed by atoms with Crippen LogP contribution in [0, 0.1) is 20.2 Å².